The first kappa shape index (κ1) is 14.2. The molecule has 1 aromatic heterocycles. The second kappa shape index (κ2) is 6.27. The van der Waals surface area contributed by atoms with Gasteiger partial charge in [-0.25, -0.2) is 0 Å². The van der Waals surface area contributed by atoms with E-state index in [0.717, 1.165) is 22.5 Å². The summed E-state index contributed by atoms with van der Waals surface area (Å²) in [6, 6.07) is 10.4. The van der Waals surface area contributed by atoms with Gasteiger partial charge in [-0.05, 0) is 17.2 Å². The van der Waals surface area contributed by atoms with E-state index < -0.39 is 4.92 Å². The van der Waals surface area contributed by atoms with Gasteiger partial charge in [-0.2, -0.15) is 0 Å². The zero-order valence-corrected chi connectivity index (χ0v) is 11.4. The molecule has 1 amide bonds. The van der Waals surface area contributed by atoms with Gasteiger partial charge in [-0.15, -0.1) is 0 Å². The second-order valence-corrected chi connectivity index (χ2v) is 5.16. The predicted molar refractivity (Wildman–Crippen MR) is 76.5 cm³/mol. The van der Waals surface area contributed by atoms with Crippen LogP contribution in [0.4, 0.5) is 5.00 Å². The van der Waals surface area contributed by atoms with E-state index in [2.05, 4.69) is 5.32 Å². The van der Waals surface area contributed by atoms with Crippen molar-refractivity contribution in [3.8, 4) is 0 Å². The summed E-state index contributed by atoms with van der Waals surface area (Å²) in [6.45, 7) is 0.848. The standard InChI is InChI=1S/C13H13N3O3S/c14-7-9-1-3-10(4-2-9)8-15-13(17)11-5-6-12(20-11)16(18)19/h1-6H,7-8,14H2,(H,15,17). The van der Waals surface area contributed by atoms with Crippen LogP contribution in [0.3, 0.4) is 0 Å². The third-order valence-electron chi connectivity index (χ3n) is 2.71. The maximum Gasteiger partial charge on any atom is 0.324 e. The van der Waals surface area contributed by atoms with Gasteiger partial charge in [0.25, 0.3) is 5.91 Å². The molecule has 6 nitrogen and oxygen atoms in total. The summed E-state index contributed by atoms with van der Waals surface area (Å²) in [7, 11) is 0. The SMILES string of the molecule is NCc1ccc(CNC(=O)c2ccc([N+](=O)[O-])s2)cc1. The van der Waals surface area contributed by atoms with Crippen LogP contribution in [0.25, 0.3) is 0 Å². The van der Waals surface area contributed by atoms with Crippen molar-refractivity contribution in [1.82, 2.24) is 5.32 Å². The first-order valence-corrected chi connectivity index (χ1v) is 6.72. The van der Waals surface area contributed by atoms with Crippen LogP contribution in [0, 0.1) is 10.1 Å². The average molecular weight is 291 g/mol. The van der Waals surface area contributed by atoms with Crippen LogP contribution in [0.1, 0.15) is 20.8 Å². The van der Waals surface area contributed by atoms with Gasteiger partial charge in [0.2, 0.25) is 0 Å². The molecule has 0 saturated carbocycles. The Kier molecular flexibility index (Phi) is 4.44. The monoisotopic (exact) mass is 291 g/mol. The molecule has 1 aromatic carbocycles. The van der Waals surface area contributed by atoms with Gasteiger partial charge >= 0.3 is 5.00 Å². The lowest BCUT2D eigenvalue weighted by Gasteiger charge is -2.04. The fourth-order valence-corrected chi connectivity index (χ4v) is 2.35. The molecule has 0 radical (unpaired) electrons. The van der Waals surface area contributed by atoms with Crippen molar-refractivity contribution in [3.63, 3.8) is 0 Å². The van der Waals surface area contributed by atoms with Crippen molar-refractivity contribution in [2.75, 3.05) is 0 Å². The molecule has 1 heterocycles. The van der Waals surface area contributed by atoms with Crippen molar-refractivity contribution in [2.24, 2.45) is 5.73 Å². The van der Waals surface area contributed by atoms with Crippen molar-refractivity contribution in [3.05, 3.63) is 62.5 Å². The Morgan fingerprint density at radius 1 is 1.20 bits per heavy atom. The Balaban J connectivity index is 1.95. The van der Waals surface area contributed by atoms with Crippen LogP contribution < -0.4 is 11.1 Å². The molecule has 0 spiro atoms. The molecule has 2 rings (SSSR count). The van der Waals surface area contributed by atoms with Crippen LogP contribution in [0.2, 0.25) is 0 Å². The summed E-state index contributed by atoms with van der Waals surface area (Å²) in [5.74, 6) is -0.314. The van der Waals surface area contributed by atoms with E-state index in [1.807, 2.05) is 24.3 Å². The highest BCUT2D eigenvalue weighted by atomic mass is 32.1. The van der Waals surface area contributed by atoms with Crippen molar-refractivity contribution in [2.45, 2.75) is 13.1 Å². The van der Waals surface area contributed by atoms with Crippen molar-refractivity contribution in [1.29, 1.82) is 0 Å². The van der Waals surface area contributed by atoms with E-state index in [-0.39, 0.29) is 10.9 Å². The molecule has 2 aromatic rings. The highest BCUT2D eigenvalue weighted by Crippen LogP contribution is 2.23. The first-order valence-electron chi connectivity index (χ1n) is 5.90. The number of nitro groups is 1. The molecule has 0 bridgehead atoms. The van der Waals surface area contributed by atoms with Crippen molar-refractivity contribution < 1.29 is 9.72 Å². The fourth-order valence-electron chi connectivity index (χ4n) is 1.61. The molecule has 3 N–H and O–H groups in total. The van der Waals surface area contributed by atoms with Gasteiger partial charge in [-0.1, -0.05) is 35.6 Å². The largest absolute Gasteiger partial charge is 0.347 e. The number of carbonyl (C=O) groups excluding carboxylic acids is 1. The molecule has 0 aliphatic rings. The number of carbonyl (C=O) groups is 1. The number of hydrogen-bond donors (Lipinski definition) is 2. The summed E-state index contributed by atoms with van der Waals surface area (Å²) in [5, 5.41) is 13.2. The molecule has 0 unspecified atom stereocenters. The Morgan fingerprint density at radius 3 is 2.40 bits per heavy atom. The minimum Gasteiger partial charge on any atom is -0.347 e. The summed E-state index contributed by atoms with van der Waals surface area (Å²) in [4.78, 5) is 22.2. The molecule has 0 fully saturated rings. The average Bonchev–Trinajstić information content (AvgIpc) is 2.95. The van der Waals surface area contributed by atoms with Crippen molar-refractivity contribution >= 4 is 22.2 Å². The lowest BCUT2D eigenvalue weighted by atomic mass is 10.1. The van der Waals surface area contributed by atoms with E-state index >= 15 is 0 Å². The van der Waals surface area contributed by atoms with Gasteiger partial charge < -0.3 is 11.1 Å². The summed E-state index contributed by atoms with van der Waals surface area (Å²) in [5.41, 5.74) is 7.47. The number of nitrogens with one attached hydrogen (secondary N) is 1. The third kappa shape index (κ3) is 3.40. The number of rotatable bonds is 5. The summed E-state index contributed by atoms with van der Waals surface area (Å²) in [6.07, 6.45) is 0. The van der Waals surface area contributed by atoms with E-state index in [1.165, 1.54) is 12.1 Å². The molecule has 0 saturated heterocycles. The van der Waals surface area contributed by atoms with E-state index in [1.54, 1.807) is 0 Å². The predicted octanol–water partition coefficient (Wildman–Crippen LogP) is 2.04. The zero-order chi connectivity index (χ0) is 14.5. The molecule has 20 heavy (non-hydrogen) atoms. The van der Waals surface area contributed by atoms with Crippen LogP contribution in [0.15, 0.2) is 36.4 Å². The lowest BCUT2D eigenvalue weighted by Crippen LogP contribution is -2.21. The van der Waals surface area contributed by atoms with Crippen LogP contribution in [-0.4, -0.2) is 10.8 Å². The van der Waals surface area contributed by atoms with E-state index in [4.69, 9.17) is 5.73 Å². The quantitative estimate of drug-likeness (QED) is 0.650. The number of amides is 1. The van der Waals surface area contributed by atoms with Crippen LogP contribution >= 0.6 is 11.3 Å². The molecule has 0 aliphatic carbocycles. The van der Waals surface area contributed by atoms with Gasteiger partial charge in [-0.3, -0.25) is 14.9 Å². The van der Waals surface area contributed by atoms with Crippen LogP contribution in [-0.2, 0) is 13.1 Å². The second-order valence-electron chi connectivity index (χ2n) is 4.10. The number of nitrogens with two attached hydrogens (primary N) is 1. The van der Waals surface area contributed by atoms with Gasteiger partial charge in [0.15, 0.2) is 0 Å². The van der Waals surface area contributed by atoms with E-state index in [0.29, 0.717) is 18.0 Å². The van der Waals surface area contributed by atoms with Gasteiger partial charge in [0.1, 0.15) is 0 Å². The lowest BCUT2D eigenvalue weighted by molar-refractivity contribution is -0.380. The third-order valence-corrected chi connectivity index (χ3v) is 3.74. The summed E-state index contributed by atoms with van der Waals surface area (Å²) < 4.78 is 0. The Bertz CT molecular complexity index is 622. The summed E-state index contributed by atoms with van der Waals surface area (Å²) >= 11 is 0.863. The van der Waals surface area contributed by atoms with E-state index in [9.17, 15) is 14.9 Å². The Labute approximate surface area is 119 Å². The molecule has 0 aliphatic heterocycles. The smallest absolute Gasteiger partial charge is 0.324 e. The first-order chi connectivity index (χ1) is 9.60. The normalized spacial score (nSPS) is 10.2. The number of benzene rings is 1. The maximum atomic E-state index is 11.8. The molecule has 7 heteroatoms. The fraction of sp³-hybridized carbons (Fsp3) is 0.154. The minimum atomic E-state index is -0.507. The number of hydrogen-bond acceptors (Lipinski definition) is 5. The number of thiophene rings is 1. The Morgan fingerprint density at radius 2 is 1.85 bits per heavy atom. The minimum absolute atomic E-state index is 0.0394. The van der Waals surface area contributed by atoms with Crippen LogP contribution in [0.5, 0.6) is 0 Å². The van der Waals surface area contributed by atoms with Gasteiger partial charge in [0.05, 0.1) is 9.80 Å². The molecule has 104 valence electrons. The Hall–Kier alpha value is -2.25. The molecular weight excluding hydrogens is 278 g/mol. The highest BCUT2D eigenvalue weighted by molar-refractivity contribution is 7.17. The highest BCUT2D eigenvalue weighted by Gasteiger charge is 2.14. The zero-order valence-electron chi connectivity index (χ0n) is 10.5. The van der Waals surface area contributed by atoms with Gasteiger partial charge in [0, 0.05) is 19.2 Å². The maximum absolute atomic E-state index is 11.8. The molecular formula is C13H13N3O3S. The number of nitrogens with zero attached hydrogens (tertiary/aromatic N) is 1. The molecule has 0 atom stereocenters. The topological polar surface area (TPSA) is 98.3 Å².